The zero-order valence-electron chi connectivity index (χ0n) is 11.1. The molecule has 0 N–H and O–H groups in total. The summed E-state index contributed by atoms with van der Waals surface area (Å²) in [7, 11) is 0. The Morgan fingerprint density at radius 2 is 2.30 bits per heavy atom. The second kappa shape index (κ2) is 7.32. The van der Waals surface area contributed by atoms with Gasteiger partial charge in [-0.2, -0.15) is 0 Å². The Morgan fingerprint density at radius 1 is 1.45 bits per heavy atom. The van der Waals surface area contributed by atoms with E-state index in [1.807, 2.05) is 12.1 Å². The number of nitrogens with zero attached hydrogens (tertiary/aromatic N) is 4. The standard InChI is InChI=1S/C13H15IN4O2/c1-2-20-13(19)11-5-6-12(14)10(8-11)4-3-7-18-9-15-16-17-18/h5-6,8-9H,2-4,7H2,1H3. The number of rotatable bonds is 6. The van der Waals surface area contributed by atoms with Crippen molar-refractivity contribution in [3.8, 4) is 0 Å². The molecule has 0 fully saturated rings. The number of ether oxygens (including phenoxy) is 1. The largest absolute Gasteiger partial charge is 0.462 e. The molecule has 0 radical (unpaired) electrons. The maximum absolute atomic E-state index is 11.7. The minimum absolute atomic E-state index is 0.273. The summed E-state index contributed by atoms with van der Waals surface area (Å²) in [4.78, 5) is 11.7. The number of carbonyl (C=O) groups is 1. The molecule has 1 aromatic heterocycles. The first-order valence-corrected chi connectivity index (χ1v) is 7.45. The number of hydrogen-bond donors (Lipinski definition) is 0. The summed E-state index contributed by atoms with van der Waals surface area (Å²) in [5.41, 5.74) is 1.74. The molecule has 0 aliphatic carbocycles. The molecule has 0 saturated heterocycles. The van der Waals surface area contributed by atoms with E-state index in [9.17, 15) is 4.79 Å². The molecule has 6 nitrogen and oxygen atoms in total. The molecule has 2 rings (SSSR count). The molecule has 0 unspecified atom stereocenters. The van der Waals surface area contributed by atoms with Gasteiger partial charge in [0.1, 0.15) is 6.33 Å². The monoisotopic (exact) mass is 386 g/mol. The molecule has 1 aromatic carbocycles. The topological polar surface area (TPSA) is 69.9 Å². The van der Waals surface area contributed by atoms with Gasteiger partial charge in [0.05, 0.1) is 12.2 Å². The fourth-order valence-corrected chi connectivity index (χ4v) is 2.43. The van der Waals surface area contributed by atoms with Crippen LogP contribution in [0.4, 0.5) is 0 Å². The molecule has 0 bridgehead atoms. The van der Waals surface area contributed by atoms with Crippen LogP contribution in [0.15, 0.2) is 24.5 Å². The van der Waals surface area contributed by atoms with Crippen LogP contribution >= 0.6 is 22.6 Å². The number of esters is 1. The molecule has 1 heterocycles. The van der Waals surface area contributed by atoms with Gasteiger partial charge in [0.25, 0.3) is 0 Å². The summed E-state index contributed by atoms with van der Waals surface area (Å²) in [5.74, 6) is -0.273. The highest BCUT2D eigenvalue weighted by Gasteiger charge is 2.09. The number of hydrogen-bond acceptors (Lipinski definition) is 5. The first-order chi connectivity index (χ1) is 9.70. The van der Waals surface area contributed by atoms with Crippen LogP contribution in [0.1, 0.15) is 29.3 Å². The number of aromatic nitrogens is 4. The molecule has 0 amide bonds. The van der Waals surface area contributed by atoms with Crippen molar-refractivity contribution in [2.24, 2.45) is 0 Å². The summed E-state index contributed by atoms with van der Waals surface area (Å²) < 4.78 is 7.86. The van der Waals surface area contributed by atoms with Crippen molar-refractivity contribution >= 4 is 28.6 Å². The average molecular weight is 386 g/mol. The lowest BCUT2D eigenvalue weighted by Crippen LogP contribution is -2.06. The Bertz CT molecular complexity index is 572. The second-order valence-electron chi connectivity index (χ2n) is 4.20. The van der Waals surface area contributed by atoms with Gasteiger partial charge in [-0.3, -0.25) is 0 Å². The van der Waals surface area contributed by atoms with Crippen molar-refractivity contribution in [2.75, 3.05) is 6.61 Å². The highest BCUT2D eigenvalue weighted by Crippen LogP contribution is 2.17. The molecule has 20 heavy (non-hydrogen) atoms. The first kappa shape index (κ1) is 14.9. The molecule has 0 aliphatic rings. The van der Waals surface area contributed by atoms with E-state index in [0.717, 1.165) is 28.5 Å². The minimum Gasteiger partial charge on any atom is -0.462 e. The van der Waals surface area contributed by atoms with Gasteiger partial charge in [-0.1, -0.05) is 0 Å². The van der Waals surface area contributed by atoms with Crippen LogP contribution in [-0.4, -0.2) is 32.8 Å². The maximum Gasteiger partial charge on any atom is 0.338 e. The summed E-state index contributed by atoms with van der Waals surface area (Å²) in [6.07, 6.45) is 3.37. The average Bonchev–Trinajstić information content (AvgIpc) is 2.94. The lowest BCUT2D eigenvalue weighted by Gasteiger charge is -2.07. The highest BCUT2D eigenvalue weighted by atomic mass is 127. The van der Waals surface area contributed by atoms with E-state index in [1.54, 1.807) is 24.0 Å². The van der Waals surface area contributed by atoms with Gasteiger partial charge in [0.15, 0.2) is 0 Å². The third-order valence-electron chi connectivity index (χ3n) is 2.78. The zero-order chi connectivity index (χ0) is 14.4. The third-order valence-corrected chi connectivity index (χ3v) is 3.83. The van der Waals surface area contributed by atoms with E-state index in [2.05, 4.69) is 38.1 Å². The van der Waals surface area contributed by atoms with Crippen molar-refractivity contribution in [2.45, 2.75) is 26.3 Å². The SMILES string of the molecule is CCOC(=O)c1ccc(I)c(CCCn2cnnn2)c1. The minimum atomic E-state index is -0.273. The van der Waals surface area contributed by atoms with Crippen molar-refractivity contribution in [1.29, 1.82) is 0 Å². The van der Waals surface area contributed by atoms with E-state index in [4.69, 9.17) is 4.74 Å². The number of carbonyl (C=O) groups excluding carboxylic acids is 1. The van der Waals surface area contributed by atoms with Crippen molar-refractivity contribution in [3.05, 3.63) is 39.2 Å². The van der Waals surface area contributed by atoms with Gasteiger partial charge >= 0.3 is 5.97 Å². The third kappa shape index (κ3) is 3.99. The zero-order valence-corrected chi connectivity index (χ0v) is 13.3. The summed E-state index contributed by atoms with van der Waals surface area (Å²) in [6.45, 7) is 2.95. The number of halogens is 1. The quantitative estimate of drug-likeness (QED) is 0.562. The molecule has 7 heteroatoms. The Morgan fingerprint density at radius 3 is 3.00 bits per heavy atom. The number of tetrazole rings is 1. The summed E-state index contributed by atoms with van der Waals surface area (Å²) >= 11 is 2.28. The molecular formula is C13H15IN4O2. The van der Waals surface area contributed by atoms with E-state index < -0.39 is 0 Å². The Hall–Kier alpha value is -1.51. The van der Waals surface area contributed by atoms with Gasteiger partial charge in [-0.25, -0.2) is 9.48 Å². The fourth-order valence-electron chi connectivity index (χ4n) is 1.82. The van der Waals surface area contributed by atoms with Gasteiger partial charge in [0.2, 0.25) is 0 Å². The van der Waals surface area contributed by atoms with E-state index >= 15 is 0 Å². The molecule has 0 atom stereocenters. The molecular weight excluding hydrogens is 371 g/mol. The van der Waals surface area contributed by atoms with Gasteiger partial charge in [-0.05, 0) is 76.5 Å². The molecule has 106 valence electrons. The van der Waals surface area contributed by atoms with Gasteiger partial charge < -0.3 is 4.74 Å². The molecule has 2 aromatic rings. The predicted molar refractivity (Wildman–Crippen MR) is 81.3 cm³/mol. The molecule has 0 saturated carbocycles. The van der Waals surface area contributed by atoms with E-state index in [0.29, 0.717) is 12.2 Å². The van der Waals surface area contributed by atoms with Crippen molar-refractivity contribution in [1.82, 2.24) is 20.2 Å². The molecule has 0 aliphatic heterocycles. The number of aryl methyl sites for hydroxylation is 2. The van der Waals surface area contributed by atoms with Crippen LogP contribution < -0.4 is 0 Å². The Balaban J connectivity index is 1.99. The normalized spacial score (nSPS) is 10.5. The van der Waals surface area contributed by atoms with Crippen molar-refractivity contribution in [3.63, 3.8) is 0 Å². The predicted octanol–water partition coefficient (Wildman–Crippen LogP) is 2.09. The smallest absolute Gasteiger partial charge is 0.338 e. The summed E-state index contributed by atoms with van der Waals surface area (Å²) in [6, 6.07) is 5.64. The second-order valence-corrected chi connectivity index (χ2v) is 5.37. The Labute approximate surface area is 130 Å². The lowest BCUT2D eigenvalue weighted by atomic mass is 10.1. The van der Waals surface area contributed by atoms with E-state index in [1.165, 1.54) is 0 Å². The van der Waals surface area contributed by atoms with E-state index in [-0.39, 0.29) is 5.97 Å². The lowest BCUT2D eigenvalue weighted by molar-refractivity contribution is 0.0526. The van der Waals surface area contributed by atoms with Crippen molar-refractivity contribution < 1.29 is 9.53 Å². The number of benzene rings is 1. The van der Waals surface area contributed by atoms with Crippen LogP contribution in [0, 0.1) is 3.57 Å². The highest BCUT2D eigenvalue weighted by molar-refractivity contribution is 14.1. The fraction of sp³-hybridized carbons (Fsp3) is 0.385. The van der Waals surface area contributed by atoms with Crippen LogP contribution in [0.25, 0.3) is 0 Å². The van der Waals surface area contributed by atoms with Crippen LogP contribution in [0.5, 0.6) is 0 Å². The van der Waals surface area contributed by atoms with Gasteiger partial charge in [0, 0.05) is 10.1 Å². The van der Waals surface area contributed by atoms with Crippen LogP contribution in [0.2, 0.25) is 0 Å². The van der Waals surface area contributed by atoms with Gasteiger partial charge in [-0.15, -0.1) is 5.10 Å². The maximum atomic E-state index is 11.7. The first-order valence-electron chi connectivity index (χ1n) is 6.37. The summed E-state index contributed by atoms with van der Waals surface area (Å²) in [5, 5.41) is 11.0. The molecule has 0 spiro atoms. The Kier molecular flexibility index (Phi) is 5.45. The van der Waals surface area contributed by atoms with Crippen LogP contribution in [0.3, 0.4) is 0 Å². The van der Waals surface area contributed by atoms with Crippen LogP contribution in [-0.2, 0) is 17.7 Å².